The zero-order valence-corrected chi connectivity index (χ0v) is 9.98. The fraction of sp³-hybridized carbons (Fsp3) is 0.0909. The molecule has 0 saturated heterocycles. The third-order valence-corrected chi connectivity index (χ3v) is 2.90. The van der Waals surface area contributed by atoms with Gasteiger partial charge < -0.3 is 8.94 Å². The zero-order valence-electron chi connectivity index (χ0n) is 8.40. The minimum Gasteiger partial charge on any atom is -0.440 e. The van der Waals surface area contributed by atoms with E-state index in [4.69, 9.17) is 8.94 Å². The number of fused-ring (bicyclic) bond motifs is 1. The third-order valence-electron chi connectivity index (χ3n) is 2.27. The molecular formula is C11H7BrN2O2. The van der Waals surface area contributed by atoms with Crippen molar-refractivity contribution < 1.29 is 8.94 Å². The predicted molar refractivity (Wildman–Crippen MR) is 61.9 cm³/mol. The fourth-order valence-corrected chi connectivity index (χ4v) is 1.99. The highest BCUT2D eigenvalue weighted by Crippen LogP contribution is 2.31. The minimum absolute atomic E-state index is 0.481. The largest absolute Gasteiger partial charge is 0.440 e. The Hall–Kier alpha value is -1.62. The van der Waals surface area contributed by atoms with E-state index >= 15 is 0 Å². The predicted octanol–water partition coefficient (Wildman–Crippen LogP) is 3.55. The summed E-state index contributed by atoms with van der Waals surface area (Å²) in [7, 11) is 0. The first-order chi connectivity index (χ1) is 7.75. The molecule has 0 saturated carbocycles. The van der Waals surface area contributed by atoms with Crippen molar-refractivity contribution in [3.05, 3.63) is 34.6 Å². The van der Waals surface area contributed by atoms with Crippen LogP contribution in [0, 0.1) is 6.92 Å². The van der Waals surface area contributed by atoms with E-state index in [0.717, 1.165) is 15.6 Å². The van der Waals surface area contributed by atoms with Gasteiger partial charge in [0, 0.05) is 0 Å². The van der Waals surface area contributed by atoms with Gasteiger partial charge in [0.25, 0.3) is 0 Å². The first-order valence-electron chi connectivity index (χ1n) is 4.72. The van der Waals surface area contributed by atoms with Gasteiger partial charge in [0.15, 0.2) is 11.3 Å². The van der Waals surface area contributed by atoms with Gasteiger partial charge in [-0.25, -0.2) is 4.98 Å². The summed E-state index contributed by atoms with van der Waals surface area (Å²) in [4.78, 5) is 4.13. The number of rotatable bonds is 1. The van der Waals surface area contributed by atoms with Crippen LogP contribution in [0.4, 0.5) is 0 Å². The van der Waals surface area contributed by atoms with Crippen LogP contribution in [-0.2, 0) is 0 Å². The van der Waals surface area contributed by atoms with Gasteiger partial charge >= 0.3 is 0 Å². The Morgan fingerprint density at radius 2 is 2.19 bits per heavy atom. The summed E-state index contributed by atoms with van der Waals surface area (Å²) < 4.78 is 11.5. The lowest BCUT2D eigenvalue weighted by Gasteiger charge is -1.90. The lowest BCUT2D eigenvalue weighted by atomic mass is 10.2. The lowest BCUT2D eigenvalue weighted by molar-refractivity contribution is 0.451. The fourth-order valence-electron chi connectivity index (χ4n) is 1.55. The van der Waals surface area contributed by atoms with E-state index in [1.807, 2.05) is 25.1 Å². The van der Waals surface area contributed by atoms with Crippen molar-refractivity contribution in [2.75, 3.05) is 0 Å². The normalized spacial score (nSPS) is 11.1. The molecule has 5 heteroatoms. The molecule has 0 radical (unpaired) electrons. The maximum Gasteiger partial charge on any atom is 0.249 e. The highest BCUT2D eigenvalue weighted by atomic mass is 79.9. The zero-order chi connectivity index (χ0) is 11.1. The molecule has 0 atom stereocenters. The number of nitrogens with zero attached hydrogens (tertiary/aromatic N) is 2. The standard InChI is InChI=1S/C11H7BrN2O2/c1-6-5-13-11(15-6)9-7-3-2-4-8(12)10(7)16-14-9/h2-5H,1H3. The Morgan fingerprint density at radius 1 is 1.31 bits per heavy atom. The Bertz CT molecular complexity index is 657. The van der Waals surface area contributed by atoms with Crippen LogP contribution in [0.25, 0.3) is 22.6 Å². The molecule has 4 nitrogen and oxygen atoms in total. The summed E-state index contributed by atoms with van der Waals surface area (Å²) in [6.45, 7) is 1.84. The third kappa shape index (κ3) is 1.36. The molecule has 0 aliphatic rings. The molecule has 2 heterocycles. The van der Waals surface area contributed by atoms with E-state index in [1.54, 1.807) is 6.20 Å². The second kappa shape index (κ2) is 3.45. The lowest BCUT2D eigenvalue weighted by Crippen LogP contribution is -1.76. The van der Waals surface area contributed by atoms with Crippen LogP contribution in [0.15, 0.2) is 37.8 Å². The second-order valence-electron chi connectivity index (χ2n) is 3.42. The van der Waals surface area contributed by atoms with Crippen molar-refractivity contribution in [3.8, 4) is 11.6 Å². The smallest absolute Gasteiger partial charge is 0.249 e. The van der Waals surface area contributed by atoms with Crippen molar-refractivity contribution >= 4 is 26.9 Å². The maximum atomic E-state index is 5.43. The summed E-state index contributed by atoms with van der Waals surface area (Å²) in [5.41, 5.74) is 1.33. The first kappa shape index (κ1) is 9.59. The summed E-state index contributed by atoms with van der Waals surface area (Å²) in [5, 5.41) is 4.86. The molecule has 3 aromatic rings. The number of benzene rings is 1. The molecule has 0 amide bonds. The van der Waals surface area contributed by atoms with Crippen molar-refractivity contribution in [1.82, 2.24) is 10.1 Å². The second-order valence-corrected chi connectivity index (χ2v) is 4.28. The van der Waals surface area contributed by atoms with Crippen molar-refractivity contribution in [1.29, 1.82) is 0 Å². The van der Waals surface area contributed by atoms with Gasteiger partial charge in [-0.05, 0) is 35.0 Å². The van der Waals surface area contributed by atoms with Crippen LogP contribution in [0.3, 0.4) is 0 Å². The van der Waals surface area contributed by atoms with Crippen LogP contribution in [0.1, 0.15) is 5.76 Å². The number of halogens is 1. The molecule has 0 aliphatic heterocycles. The highest BCUT2D eigenvalue weighted by molar-refractivity contribution is 9.10. The Labute approximate surface area is 99.4 Å². The van der Waals surface area contributed by atoms with E-state index in [1.165, 1.54) is 0 Å². The van der Waals surface area contributed by atoms with E-state index in [0.29, 0.717) is 17.2 Å². The molecule has 0 N–H and O–H groups in total. The first-order valence-corrected chi connectivity index (χ1v) is 5.52. The molecular weight excluding hydrogens is 272 g/mol. The average molecular weight is 279 g/mol. The quantitative estimate of drug-likeness (QED) is 0.683. The van der Waals surface area contributed by atoms with Crippen molar-refractivity contribution in [3.63, 3.8) is 0 Å². The average Bonchev–Trinajstić information content (AvgIpc) is 2.84. The van der Waals surface area contributed by atoms with Crippen molar-refractivity contribution in [2.45, 2.75) is 6.92 Å². The van der Waals surface area contributed by atoms with Gasteiger partial charge in [0.2, 0.25) is 5.89 Å². The Balaban J connectivity index is 2.29. The summed E-state index contributed by atoms with van der Waals surface area (Å²) >= 11 is 3.40. The van der Waals surface area contributed by atoms with E-state index in [-0.39, 0.29) is 0 Å². The molecule has 2 aromatic heterocycles. The maximum absolute atomic E-state index is 5.43. The summed E-state index contributed by atoms with van der Waals surface area (Å²) in [5.74, 6) is 1.23. The number of oxazole rings is 1. The number of hydrogen-bond donors (Lipinski definition) is 0. The summed E-state index contributed by atoms with van der Waals surface area (Å²) in [6.07, 6.45) is 1.66. The molecule has 0 fully saturated rings. The number of para-hydroxylation sites is 1. The van der Waals surface area contributed by atoms with E-state index in [9.17, 15) is 0 Å². The number of aromatic nitrogens is 2. The van der Waals surface area contributed by atoms with Gasteiger partial charge in [0.1, 0.15) is 5.76 Å². The van der Waals surface area contributed by atoms with Gasteiger partial charge in [0.05, 0.1) is 16.1 Å². The molecule has 0 unspecified atom stereocenters. The molecule has 80 valence electrons. The van der Waals surface area contributed by atoms with Crippen LogP contribution in [0.2, 0.25) is 0 Å². The van der Waals surface area contributed by atoms with Crippen LogP contribution in [-0.4, -0.2) is 10.1 Å². The van der Waals surface area contributed by atoms with Gasteiger partial charge in [-0.1, -0.05) is 11.2 Å². The van der Waals surface area contributed by atoms with Crippen molar-refractivity contribution in [2.24, 2.45) is 0 Å². The number of aryl methyl sites for hydroxylation is 1. The minimum atomic E-state index is 0.481. The molecule has 0 spiro atoms. The highest BCUT2D eigenvalue weighted by Gasteiger charge is 2.16. The molecule has 16 heavy (non-hydrogen) atoms. The van der Waals surface area contributed by atoms with Crippen LogP contribution >= 0.6 is 15.9 Å². The van der Waals surface area contributed by atoms with E-state index < -0.39 is 0 Å². The molecule has 3 rings (SSSR count). The van der Waals surface area contributed by atoms with Crippen LogP contribution < -0.4 is 0 Å². The Morgan fingerprint density at radius 3 is 2.94 bits per heavy atom. The molecule has 0 bridgehead atoms. The summed E-state index contributed by atoms with van der Waals surface area (Å²) in [6, 6.07) is 5.74. The topological polar surface area (TPSA) is 52.1 Å². The van der Waals surface area contributed by atoms with E-state index in [2.05, 4.69) is 26.1 Å². The monoisotopic (exact) mass is 278 g/mol. The van der Waals surface area contributed by atoms with Gasteiger partial charge in [-0.3, -0.25) is 0 Å². The SMILES string of the molecule is Cc1cnc(-c2noc3c(Br)cccc23)o1. The Kier molecular flexibility index (Phi) is 2.07. The molecule has 1 aromatic carbocycles. The number of hydrogen-bond acceptors (Lipinski definition) is 4. The van der Waals surface area contributed by atoms with Gasteiger partial charge in [-0.2, -0.15) is 0 Å². The van der Waals surface area contributed by atoms with Gasteiger partial charge in [-0.15, -0.1) is 0 Å². The van der Waals surface area contributed by atoms with Crippen LogP contribution in [0.5, 0.6) is 0 Å². The molecule has 0 aliphatic carbocycles.